The fourth-order valence-corrected chi connectivity index (χ4v) is 13.5. The summed E-state index contributed by atoms with van der Waals surface area (Å²) in [5.74, 6) is -3.22. The molecule has 8 rings (SSSR count). The van der Waals surface area contributed by atoms with E-state index < -0.39 is 78.0 Å². The number of benzene rings is 2. The fraction of sp³-hybridized carbons (Fsp3) is 0.553. The van der Waals surface area contributed by atoms with Crippen molar-refractivity contribution in [2.75, 3.05) is 19.0 Å². The Kier molecular flexibility index (Phi) is 14.5. The minimum Gasteiger partial charge on any atom is -0.495 e. The first-order valence-corrected chi connectivity index (χ1v) is 26.1. The minimum atomic E-state index is -4.57. The molecule has 3 amide bonds. The maximum atomic E-state index is 15.1. The Morgan fingerprint density at radius 2 is 1.73 bits per heavy atom. The molecular formula is C47H58ClF2N6O8PS. The lowest BCUT2D eigenvalue weighted by Crippen LogP contribution is -2.57. The second-order valence-corrected chi connectivity index (χ2v) is 22.3. The predicted octanol–water partition coefficient (Wildman–Crippen LogP) is 9.80. The lowest BCUT2D eigenvalue weighted by atomic mass is 9.93. The van der Waals surface area contributed by atoms with Crippen molar-refractivity contribution in [3.05, 3.63) is 64.0 Å². The normalized spacial score (nSPS) is 26.1. The van der Waals surface area contributed by atoms with Crippen LogP contribution in [0, 0.1) is 23.5 Å². The smallest absolute Gasteiger partial charge is 0.408 e. The Morgan fingerprint density at radius 1 is 1.02 bits per heavy atom. The molecule has 0 bridgehead atoms. The Morgan fingerprint density at radius 3 is 2.44 bits per heavy atom. The lowest BCUT2D eigenvalue weighted by Gasteiger charge is -2.33. The molecule has 2 aromatic carbocycles. The lowest BCUT2D eigenvalue weighted by molar-refractivity contribution is -0.141. The van der Waals surface area contributed by atoms with E-state index in [-0.39, 0.29) is 42.5 Å². The van der Waals surface area contributed by atoms with Crippen LogP contribution in [0.15, 0.2) is 41.8 Å². The van der Waals surface area contributed by atoms with Gasteiger partial charge in [-0.2, -0.15) is 0 Å². The van der Waals surface area contributed by atoms with Gasteiger partial charge in [0.1, 0.15) is 63.4 Å². The van der Waals surface area contributed by atoms with E-state index in [4.69, 9.17) is 35.8 Å². The van der Waals surface area contributed by atoms with E-state index in [1.807, 2.05) is 26.2 Å². The average Bonchev–Trinajstić information content (AvgIpc) is 3.69. The summed E-state index contributed by atoms with van der Waals surface area (Å²) in [6.45, 7) is 5.81. The average molecular weight is 972 g/mol. The molecule has 14 nitrogen and oxygen atoms in total. The number of nitrogens with one attached hydrogen (secondary N) is 3. The predicted molar refractivity (Wildman–Crippen MR) is 249 cm³/mol. The molecule has 0 radical (unpaired) electrons. The zero-order chi connectivity index (χ0) is 46.9. The zero-order valence-corrected chi connectivity index (χ0v) is 40.1. The van der Waals surface area contributed by atoms with Gasteiger partial charge in [-0.1, -0.05) is 50.3 Å². The van der Waals surface area contributed by atoms with Crippen LogP contribution >= 0.6 is 30.3 Å². The summed E-state index contributed by atoms with van der Waals surface area (Å²) in [5, 5.41) is 10.7. The first-order chi connectivity index (χ1) is 31.6. The molecule has 356 valence electrons. The number of aromatic nitrogens is 2. The zero-order valence-electron chi connectivity index (χ0n) is 37.6. The standard InChI is InChI=1S/C47H58ClF2N6O8PS/c1-26(2)51-45-53-36(25-66-45)35-21-39(31-18-19-38(62-4)40(48)42(31)52-35)63-30-20-37-43(57)55-47(65(60,61)24-32-33(49)16-11-17-34(32)50)22-28(47)13-8-6-5-7-12-27(3)41(44(58)56(37)23-30)54-46(59)64-29-14-9-10-15-29/h11,16-19,21,25-30,37,41H,5-10,12-15,20,22-24H2,1-4H3,(H,51,53)(H,54,59)(H,55,57)(H,60,61)/t27-,28-,30-,37+,41+,47+/m1/s1. The SMILES string of the molecule is COc1ccc2c(O[C@@H]3C[C@H]4C(=O)N[C@]5(P(=O)(O)Cc6c(F)cccc6F)C[C@H]5CCCCCC[C@@H](C)[C@H](NC(=O)OC5CCCC5)C(=O)N4C3)cc(-c3csc(NC(C)C)n3)nc2c1Cl. The van der Waals surface area contributed by atoms with E-state index >= 15 is 13.6 Å². The van der Waals surface area contributed by atoms with E-state index in [9.17, 15) is 19.0 Å². The summed E-state index contributed by atoms with van der Waals surface area (Å²) in [6, 6.07) is 6.25. The molecule has 4 N–H and O–H groups in total. The van der Waals surface area contributed by atoms with Crippen LogP contribution in [-0.4, -0.2) is 86.9 Å². The number of amides is 3. The number of hydrogen-bond acceptors (Lipinski definition) is 11. The molecule has 4 heterocycles. The van der Waals surface area contributed by atoms with Crippen molar-refractivity contribution < 1.29 is 46.8 Å². The number of fused-ring (bicyclic) bond motifs is 3. The second-order valence-electron chi connectivity index (χ2n) is 18.6. The van der Waals surface area contributed by atoms with Crippen LogP contribution in [0.3, 0.4) is 0 Å². The number of rotatable bonds is 11. The van der Waals surface area contributed by atoms with Gasteiger partial charge in [0.05, 0.1) is 31.0 Å². The third-order valence-electron chi connectivity index (χ3n) is 13.5. The van der Waals surface area contributed by atoms with Crippen molar-refractivity contribution in [2.24, 2.45) is 11.8 Å². The van der Waals surface area contributed by atoms with Gasteiger partial charge in [0, 0.05) is 34.9 Å². The molecule has 2 saturated heterocycles. The molecule has 1 unspecified atom stereocenters. The Labute approximate surface area is 392 Å². The molecule has 0 spiro atoms. The van der Waals surface area contributed by atoms with E-state index in [1.165, 1.54) is 29.4 Å². The van der Waals surface area contributed by atoms with Gasteiger partial charge in [0.25, 0.3) is 0 Å². The van der Waals surface area contributed by atoms with E-state index in [0.717, 1.165) is 57.1 Å². The number of methoxy groups -OCH3 is 1. The Bertz CT molecular complexity index is 2490. The molecule has 19 heteroatoms. The number of pyridine rings is 1. The molecular weight excluding hydrogens is 913 g/mol. The summed E-state index contributed by atoms with van der Waals surface area (Å²) in [5.41, 5.74) is 0.858. The molecule has 7 atom stereocenters. The Hall–Kier alpha value is -4.57. The number of carbonyl (C=O) groups excluding carboxylic acids is 3. The first-order valence-electron chi connectivity index (χ1n) is 23.0. The Balaban J connectivity index is 1.16. The van der Waals surface area contributed by atoms with Crippen LogP contribution in [-0.2, 0) is 25.1 Å². The van der Waals surface area contributed by atoms with Gasteiger partial charge in [0.15, 0.2) is 5.13 Å². The largest absolute Gasteiger partial charge is 0.495 e. The van der Waals surface area contributed by atoms with Gasteiger partial charge in [-0.25, -0.2) is 23.5 Å². The van der Waals surface area contributed by atoms with Crippen molar-refractivity contribution in [2.45, 2.75) is 140 Å². The number of halogens is 3. The maximum Gasteiger partial charge on any atom is 0.408 e. The highest BCUT2D eigenvalue weighted by molar-refractivity contribution is 7.59. The number of carbonyl (C=O) groups is 3. The van der Waals surface area contributed by atoms with Crippen molar-refractivity contribution >= 4 is 64.2 Å². The molecule has 2 aliphatic carbocycles. The van der Waals surface area contributed by atoms with Gasteiger partial charge in [-0.3, -0.25) is 14.2 Å². The quantitative estimate of drug-likeness (QED) is 0.105. The second kappa shape index (κ2) is 20.0. The van der Waals surface area contributed by atoms with Crippen LogP contribution in [0.25, 0.3) is 22.3 Å². The third kappa shape index (κ3) is 10.1. The van der Waals surface area contributed by atoms with Crippen LogP contribution in [0.5, 0.6) is 11.5 Å². The first kappa shape index (κ1) is 47.9. The maximum absolute atomic E-state index is 15.1. The van der Waals surface area contributed by atoms with Crippen LogP contribution in [0.1, 0.15) is 103 Å². The summed E-state index contributed by atoms with van der Waals surface area (Å²) >= 11 is 8.29. The number of nitrogens with zero attached hydrogens (tertiary/aromatic N) is 3. The van der Waals surface area contributed by atoms with Gasteiger partial charge >= 0.3 is 6.09 Å². The topological polar surface area (TPSA) is 181 Å². The van der Waals surface area contributed by atoms with Crippen LogP contribution in [0.2, 0.25) is 5.02 Å². The molecule has 66 heavy (non-hydrogen) atoms. The summed E-state index contributed by atoms with van der Waals surface area (Å²) in [4.78, 5) is 66.4. The molecule has 4 aliphatic rings. The van der Waals surface area contributed by atoms with Gasteiger partial charge in [-0.05, 0) is 94.9 Å². The van der Waals surface area contributed by atoms with E-state index in [0.29, 0.717) is 58.2 Å². The van der Waals surface area contributed by atoms with E-state index in [2.05, 4.69) is 16.0 Å². The number of alkyl carbamates (subject to hydrolysis) is 1. The van der Waals surface area contributed by atoms with Crippen molar-refractivity contribution in [3.63, 3.8) is 0 Å². The van der Waals surface area contributed by atoms with E-state index in [1.54, 1.807) is 18.2 Å². The van der Waals surface area contributed by atoms with Crippen molar-refractivity contribution in [3.8, 4) is 22.9 Å². The number of ether oxygens (including phenoxy) is 3. The van der Waals surface area contributed by atoms with Crippen LogP contribution in [0.4, 0.5) is 18.7 Å². The number of anilines is 1. The molecule has 2 aromatic heterocycles. The molecule has 4 fully saturated rings. The van der Waals surface area contributed by atoms with Crippen molar-refractivity contribution in [1.82, 2.24) is 25.5 Å². The highest BCUT2D eigenvalue weighted by Crippen LogP contribution is 2.72. The summed E-state index contributed by atoms with van der Waals surface area (Å²) < 4.78 is 62.7. The fourth-order valence-electron chi connectivity index (χ4n) is 9.84. The highest BCUT2D eigenvalue weighted by atomic mass is 35.5. The highest BCUT2D eigenvalue weighted by Gasteiger charge is 2.66. The van der Waals surface area contributed by atoms with Gasteiger partial charge in [0.2, 0.25) is 19.2 Å². The monoisotopic (exact) mass is 970 g/mol. The number of thiazole rings is 1. The minimum absolute atomic E-state index is 0.0498. The number of hydrogen-bond donors (Lipinski definition) is 4. The summed E-state index contributed by atoms with van der Waals surface area (Å²) in [7, 11) is -3.07. The van der Waals surface area contributed by atoms with Gasteiger partial charge in [-0.15, -0.1) is 11.3 Å². The molecule has 2 saturated carbocycles. The van der Waals surface area contributed by atoms with Gasteiger partial charge < -0.3 is 40.0 Å². The van der Waals surface area contributed by atoms with Crippen molar-refractivity contribution in [1.29, 1.82) is 0 Å². The summed E-state index contributed by atoms with van der Waals surface area (Å²) in [6.07, 6.45) is 4.94. The third-order valence-corrected chi connectivity index (χ3v) is 17.3. The van der Waals surface area contributed by atoms with Crippen LogP contribution < -0.4 is 25.4 Å². The molecule has 2 aliphatic heterocycles. The molecule has 4 aromatic rings.